The Balaban J connectivity index is 1.24. The maximum Gasteiger partial charge on any atom is 0.453 e. The average Bonchev–Trinajstić information content (AvgIpc) is 3.29. The summed E-state index contributed by atoms with van der Waals surface area (Å²) in [6, 6.07) is 6.56. The highest BCUT2D eigenvalue weighted by Crippen LogP contribution is 2.64. The molecule has 4 rings (SSSR count). The van der Waals surface area contributed by atoms with Gasteiger partial charge in [0.1, 0.15) is 21.7 Å². The third-order valence-corrected chi connectivity index (χ3v) is 13.0. The zero-order valence-electron chi connectivity index (χ0n) is 27.5. The number of unbranched alkanes of at least 4 members (excludes halogenated alkanes) is 6. The number of sulfone groups is 1. The number of alkyl halides is 5. The lowest BCUT2D eigenvalue weighted by atomic mass is 9.51. The highest BCUT2D eigenvalue weighted by atomic mass is 32.2. The zero-order chi connectivity index (χ0) is 33.8. The second-order valence-electron chi connectivity index (χ2n) is 14.3. The summed E-state index contributed by atoms with van der Waals surface area (Å²) in [4.78, 5) is 12.0. The van der Waals surface area contributed by atoms with E-state index in [2.05, 4.69) is 25.1 Å². The van der Waals surface area contributed by atoms with E-state index >= 15 is 0 Å². The molecule has 11 heteroatoms. The van der Waals surface area contributed by atoms with Gasteiger partial charge in [-0.3, -0.25) is 4.79 Å². The summed E-state index contributed by atoms with van der Waals surface area (Å²) >= 11 is 0. The van der Waals surface area contributed by atoms with Crippen LogP contribution in [0, 0.1) is 23.2 Å². The minimum Gasteiger partial charge on any atom is -0.497 e. The smallest absolute Gasteiger partial charge is 0.453 e. The molecule has 0 radical (unpaired) electrons. The minimum absolute atomic E-state index is 0.0129. The Morgan fingerprint density at radius 1 is 0.935 bits per heavy atom. The van der Waals surface area contributed by atoms with Crippen LogP contribution in [0.3, 0.4) is 0 Å². The number of ether oxygens (including phenoxy) is 2. The molecule has 1 aromatic rings. The van der Waals surface area contributed by atoms with Crippen molar-refractivity contribution in [3.63, 3.8) is 0 Å². The number of fused-ring (bicyclic) bond motifs is 5. The van der Waals surface area contributed by atoms with Crippen molar-refractivity contribution in [1.82, 2.24) is 0 Å². The topological polar surface area (TPSA) is 69.7 Å². The molecule has 0 unspecified atom stereocenters. The molecule has 0 N–H and O–H groups in total. The number of methoxy groups -OCH3 is 1. The van der Waals surface area contributed by atoms with Gasteiger partial charge in [-0.25, -0.2) is 8.42 Å². The van der Waals surface area contributed by atoms with Gasteiger partial charge in [-0.05, 0) is 98.3 Å². The number of aryl methyl sites for hydroxylation is 1. The Hall–Kier alpha value is -1.91. The van der Waals surface area contributed by atoms with Crippen LogP contribution in [0.2, 0.25) is 0 Å². The number of benzene rings is 1. The average molecular weight is 679 g/mol. The summed E-state index contributed by atoms with van der Waals surface area (Å²) < 4.78 is 98.6. The van der Waals surface area contributed by atoms with Gasteiger partial charge >= 0.3 is 18.1 Å². The van der Waals surface area contributed by atoms with E-state index in [1.54, 1.807) is 7.11 Å². The van der Waals surface area contributed by atoms with Gasteiger partial charge in [-0.1, -0.05) is 51.5 Å². The summed E-state index contributed by atoms with van der Waals surface area (Å²) in [5.41, 5.74) is 2.84. The maximum atomic E-state index is 13.0. The van der Waals surface area contributed by atoms with Gasteiger partial charge in [-0.2, -0.15) is 22.0 Å². The second-order valence-corrected chi connectivity index (χ2v) is 16.6. The summed E-state index contributed by atoms with van der Waals surface area (Å²) in [6.45, 7) is 3.86. The Morgan fingerprint density at radius 2 is 1.59 bits per heavy atom. The molecule has 2 fully saturated rings. The van der Waals surface area contributed by atoms with Crippen LogP contribution in [0.5, 0.6) is 5.75 Å². The fourth-order valence-electron chi connectivity index (χ4n) is 8.99. The number of esters is 1. The van der Waals surface area contributed by atoms with Gasteiger partial charge in [0, 0.05) is 18.8 Å². The third-order valence-electron chi connectivity index (χ3n) is 11.2. The first-order valence-corrected chi connectivity index (χ1v) is 18.9. The summed E-state index contributed by atoms with van der Waals surface area (Å²) in [5, 5.41) is 0. The monoisotopic (exact) mass is 678 g/mol. The first-order chi connectivity index (χ1) is 21.6. The molecular formula is C35H51F5O5S. The molecule has 3 aliphatic rings. The molecule has 0 aromatic heterocycles. The van der Waals surface area contributed by atoms with Crippen molar-refractivity contribution in [3.8, 4) is 5.75 Å². The molecule has 1 aromatic carbocycles. The van der Waals surface area contributed by atoms with Crippen LogP contribution in [0.25, 0.3) is 0 Å². The Kier molecular flexibility index (Phi) is 12.1. The number of hydrogen-bond acceptors (Lipinski definition) is 5. The van der Waals surface area contributed by atoms with E-state index in [-0.39, 0.29) is 23.2 Å². The molecule has 3 aliphatic carbocycles. The second kappa shape index (κ2) is 15.1. The molecule has 262 valence electrons. The summed E-state index contributed by atoms with van der Waals surface area (Å²) in [5.74, 6) is -2.90. The lowest BCUT2D eigenvalue weighted by Crippen LogP contribution is -2.48. The summed E-state index contributed by atoms with van der Waals surface area (Å²) in [7, 11) is -1.95. The predicted molar refractivity (Wildman–Crippen MR) is 168 cm³/mol. The Labute approximate surface area is 271 Å². The molecule has 0 saturated heterocycles. The highest BCUT2D eigenvalue weighted by molar-refractivity contribution is 7.91. The molecule has 0 spiro atoms. The predicted octanol–water partition coefficient (Wildman–Crippen LogP) is 9.22. The van der Waals surface area contributed by atoms with Crippen LogP contribution in [0.1, 0.15) is 121 Å². The SMILES string of the molecule is COc1ccc2c(c1)CC[C@@H]1[C@@H]2[C@@H](CCCCCCCCCS(=O)(=O)CCCC(F)(F)C(F)(F)F)C[C@]2(C)[C@@H](OC(C)=O)CC[C@@H]12. The zero-order valence-corrected chi connectivity index (χ0v) is 28.3. The molecule has 5 nitrogen and oxygen atoms in total. The Morgan fingerprint density at radius 3 is 2.24 bits per heavy atom. The lowest BCUT2D eigenvalue weighted by molar-refractivity contribution is -0.284. The van der Waals surface area contributed by atoms with Crippen molar-refractivity contribution >= 4 is 15.8 Å². The van der Waals surface area contributed by atoms with E-state index in [0.717, 1.165) is 76.4 Å². The van der Waals surface area contributed by atoms with Crippen LogP contribution in [-0.2, 0) is 25.8 Å². The largest absolute Gasteiger partial charge is 0.497 e. The number of rotatable bonds is 16. The van der Waals surface area contributed by atoms with Gasteiger partial charge in [0.2, 0.25) is 0 Å². The van der Waals surface area contributed by atoms with Gasteiger partial charge in [-0.15, -0.1) is 0 Å². The fraction of sp³-hybridized carbons (Fsp3) is 0.800. The van der Waals surface area contributed by atoms with Crippen molar-refractivity contribution in [2.24, 2.45) is 23.2 Å². The Bertz CT molecular complexity index is 1280. The van der Waals surface area contributed by atoms with E-state index in [0.29, 0.717) is 36.5 Å². The van der Waals surface area contributed by atoms with Gasteiger partial charge in [0.15, 0.2) is 0 Å². The number of carbonyl (C=O) groups is 1. The molecule has 46 heavy (non-hydrogen) atoms. The molecule has 2 saturated carbocycles. The fourth-order valence-corrected chi connectivity index (χ4v) is 10.4. The van der Waals surface area contributed by atoms with Crippen molar-refractivity contribution in [2.75, 3.05) is 18.6 Å². The standard InChI is InChI=1S/C35H51F5O5S/c1-24(41)45-31-18-17-30-29-15-13-25-22-27(44-3)14-16-28(25)32(29)26(23-33(30,31)2)12-9-7-5-4-6-8-10-20-46(42,43)21-11-19-34(36,37)35(38,39)40/h14,16,22,26,29-32H,4-13,15,17-21,23H2,1-3H3/t26-,29-,30-,31-,32+,33-/m0/s1. The molecular weight excluding hydrogens is 627 g/mol. The van der Waals surface area contributed by atoms with E-state index in [9.17, 15) is 35.2 Å². The van der Waals surface area contributed by atoms with E-state index in [1.165, 1.54) is 18.1 Å². The number of hydrogen-bond donors (Lipinski definition) is 0. The molecule has 0 aliphatic heterocycles. The van der Waals surface area contributed by atoms with E-state index in [1.807, 2.05) is 0 Å². The van der Waals surface area contributed by atoms with Crippen molar-refractivity contribution in [1.29, 1.82) is 0 Å². The quantitative estimate of drug-likeness (QED) is 0.0991. The third kappa shape index (κ3) is 8.76. The molecule has 0 heterocycles. The first-order valence-electron chi connectivity index (χ1n) is 17.1. The van der Waals surface area contributed by atoms with Crippen LogP contribution in [-0.4, -0.2) is 51.2 Å². The van der Waals surface area contributed by atoms with Gasteiger partial charge in [0.05, 0.1) is 18.6 Å². The lowest BCUT2D eigenvalue weighted by Gasteiger charge is -2.54. The van der Waals surface area contributed by atoms with Gasteiger partial charge < -0.3 is 9.47 Å². The van der Waals surface area contributed by atoms with Crippen LogP contribution < -0.4 is 4.74 Å². The normalized spacial score (nSPS) is 27.9. The molecule has 6 atom stereocenters. The van der Waals surface area contributed by atoms with E-state index in [4.69, 9.17) is 9.47 Å². The summed E-state index contributed by atoms with van der Waals surface area (Å²) in [6.07, 6.45) is 4.55. The van der Waals surface area contributed by atoms with Crippen LogP contribution in [0.15, 0.2) is 18.2 Å². The maximum absolute atomic E-state index is 13.0. The van der Waals surface area contributed by atoms with Crippen molar-refractivity contribution in [3.05, 3.63) is 29.3 Å². The van der Waals surface area contributed by atoms with Crippen LogP contribution >= 0.6 is 0 Å². The number of carbonyl (C=O) groups excluding carboxylic acids is 1. The van der Waals surface area contributed by atoms with Gasteiger partial charge in [0.25, 0.3) is 0 Å². The van der Waals surface area contributed by atoms with Crippen molar-refractivity contribution in [2.45, 2.75) is 134 Å². The highest BCUT2D eigenvalue weighted by Gasteiger charge is 2.59. The van der Waals surface area contributed by atoms with Crippen LogP contribution in [0.4, 0.5) is 22.0 Å². The van der Waals surface area contributed by atoms with E-state index < -0.39 is 40.5 Å². The first kappa shape index (κ1) is 36.9. The van der Waals surface area contributed by atoms with Crippen molar-refractivity contribution < 1.29 is 44.6 Å². The molecule has 0 amide bonds. The molecule has 0 bridgehead atoms. The number of halogens is 5. The minimum atomic E-state index is -5.66.